The number of nitrogens with one attached hydrogen (secondary N) is 1. The molecule has 0 saturated carbocycles. The summed E-state index contributed by atoms with van der Waals surface area (Å²) in [6.07, 6.45) is 6.31. The first kappa shape index (κ1) is 10.9. The number of rotatable bonds is 3. The summed E-state index contributed by atoms with van der Waals surface area (Å²) >= 11 is 0. The number of hydrogen-bond donors (Lipinski definition) is 2. The van der Waals surface area contributed by atoms with Crippen LogP contribution in [0.3, 0.4) is 0 Å². The smallest absolute Gasteiger partial charge is 0.175 e. The van der Waals surface area contributed by atoms with Crippen molar-refractivity contribution in [2.45, 2.75) is 6.42 Å². The molecule has 2 heterocycles. The SMILES string of the molecule is C=Cn1ccnc(N)c1=NCC1CCNC1. The zero-order valence-corrected chi connectivity index (χ0v) is 9.26. The maximum Gasteiger partial charge on any atom is 0.175 e. The molecule has 16 heavy (non-hydrogen) atoms. The van der Waals surface area contributed by atoms with Crippen LogP contribution in [0.4, 0.5) is 5.82 Å². The summed E-state index contributed by atoms with van der Waals surface area (Å²) < 4.78 is 1.80. The number of nitrogens with zero attached hydrogens (tertiary/aromatic N) is 3. The van der Waals surface area contributed by atoms with Gasteiger partial charge in [-0.25, -0.2) is 4.98 Å². The molecule has 0 amide bonds. The van der Waals surface area contributed by atoms with E-state index in [2.05, 4.69) is 21.9 Å². The Morgan fingerprint density at radius 3 is 3.31 bits per heavy atom. The Kier molecular flexibility index (Phi) is 3.36. The normalized spacial score (nSPS) is 21.2. The van der Waals surface area contributed by atoms with Crippen molar-refractivity contribution in [3.63, 3.8) is 0 Å². The molecular weight excluding hydrogens is 202 g/mol. The van der Waals surface area contributed by atoms with Crippen LogP contribution < -0.4 is 16.5 Å². The lowest BCUT2D eigenvalue weighted by atomic mass is 10.1. The van der Waals surface area contributed by atoms with E-state index in [-0.39, 0.29) is 0 Å². The highest BCUT2D eigenvalue weighted by atomic mass is 15.0. The molecule has 0 spiro atoms. The van der Waals surface area contributed by atoms with Crippen molar-refractivity contribution in [3.05, 3.63) is 24.5 Å². The first-order chi connectivity index (χ1) is 7.81. The molecule has 3 N–H and O–H groups in total. The van der Waals surface area contributed by atoms with E-state index >= 15 is 0 Å². The fourth-order valence-electron chi connectivity index (χ4n) is 1.84. The van der Waals surface area contributed by atoms with Gasteiger partial charge in [-0.1, -0.05) is 6.58 Å². The Morgan fingerprint density at radius 1 is 1.75 bits per heavy atom. The Bertz CT molecular complexity index is 428. The van der Waals surface area contributed by atoms with E-state index in [0.29, 0.717) is 17.2 Å². The van der Waals surface area contributed by atoms with Crippen molar-refractivity contribution in [2.24, 2.45) is 10.9 Å². The summed E-state index contributed by atoms with van der Waals surface area (Å²) in [7, 11) is 0. The third-order valence-electron chi connectivity index (χ3n) is 2.77. The number of nitrogen functional groups attached to an aromatic ring is 1. The lowest BCUT2D eigenvalue weighted by Gasteiger charge is -2.05. The topological polar surface area (TPSA) is 68.2 Å². The third kappa shape index (κ3) is 2.30. The van der Waals surface area contributed by atoms with Crippen LogP contribution in [0.5, 0.6) is 0 Å². The molecule has 1 unspecified atom stereocenters. The van der Waals surface area contributed by atoms with Crippen molar-refractivity contribution in [1.29, 1.82) is 0 Å². The zero-order chi connectivity index (χ0) is 11.4. The molecule has 0 aromatic carbocycles. The summed E-state index contributed by atoms with van der Waals surface area (Å²) in [5, 5.41) is 3.32. The van der Waals surface area contributed by atoms with E-state index in [1.807, 2.05) is 0 Å². The second kappa shape index (κ2) is 4.94. The molecule has 1 aromatic heterocycles. The van der Waals surface area contributed by atoms with Gasteiger partial charge in [0.2, 0.25) is 0 Å². The highest BCUT2D eigenvalue weighted by molar-refractivity contribution is 5.28. The van der Waals surface area contributed by atoms with E-state index in [1.165, 1.54) is 6.42 Å². The molecular formula is C11H17N5. The molecule has 86 valence electrons. The molecule has 0 bridgehead atoms. The molecule has 1 fully saturated rings. The quantitative estimate of drug-likeness (QED) is 0.756. The van der Waals surface area contributed by atoms with Crippen LogP contribution in [-0.4, -0.2) is 29.2 Å². The lowest BCUT2D eigenvalue weighted by Crippen LogP contribution is -2.23. The molecule has 1 aromatic rings. The fourth-order valence-corrected chi connectivity index (χ4v) is 1.84. The van der Waals surface area contributed by atoms with Crippen molar-refractivity contribution in [3.8, 4) is 0 Å². The highest BCUT2D eigenvalue weighted by Crippen LogP contribution is 2.06. The average molecular weight is 219 g/mol. The van der Waals surface area contributed by atoms with Gasteiger partial charge in [-0.05, 0) is 25.4 Å². The molecule has 0 radical (unpaired) electrons. The second-order valence-corrected chi connectivity index (χ2v) is 3.93. The zero-order valence-electron chi connectivity index (χ0n) is 9.26. The monoisotopic (exact) mass is 219 g/mol. The predicted octanol–water partition coefficient (Wildman–Crippen LogP) is 0.0760. The minimum absolute atomic E-state index is 0.452. The number of aromatic nitrogens is 2. The number of hydrogen-bond acceptors (Lipinski definition) is 4. The molecule has 1 saturated heterocycles. The van der Waals surface area contributed by atoms with Crippen LogP contribution in [0.25, 0.3) is 6.20 Å². The number of nitrogens with two attached hydrogens (primary N) is 1. The van der Waals surface area contributed by atoms with Crippen LogP contribution in [0.2, 0.25) is 0 Å². The van der Waals surface area contributed by atoms with Gasteiger partial charge in [0.1, 0.15) is 0 Å². The fraction of sp³-hybridized carbons (Fsp3) is 0.455. The van der Waals surface area contributed by atoms with Crippen LogP contribution in [-0.2, 0) is 0 Å². The molecule has 1 aliphatic heterocycles. The van der Waals surface area contributed by atoms with Gasteiger partial charge in [-0.2, -0.15) is 0 Å². The van der Waals surface area contributed by atoms with Crippen molar-refractivity contribution in [2.75, 3.05) is 25.4 Å². The standard InChI is InChI=1S/C11H17N5/c1-2-16-6-5-14-10(12)11(16)15-8-9-3-4-13-7-9/h2,5-6,9,13H,1,3-4,7-8H2,(H2,12,14). The van der Waals surface area contributed by atoms with E-state index in [1.54, 1.807) is 23.2 Å². The van der Waals surface area contributed by atoms with Crippen LogP contribution in [0, 0.1) is 5.92 Å². The summed E-state index contributed by atoms with van der Waals surface area (Å²) in [6, 6.07) is 0. The van der Waals surface area contributed by atoms with E-state index in [9.17, 15) is 0 Å². The minimum Gasteiger partial charge on any atom is -0.381 e. The predicted molar refractivity (Wildman–Crippen MR) is 64.4 cm³/mol. The van der Waals surface area contributed by atoms with Gasteiger partial charge in [0.25, 0.3) is 0 Å². The molecule has 1 atom stereocenters. The van der Waals surface area contributed by atoms with Crippen molar-refractivity contribution < 1.29 is 0 Å². The van der Waals surface area contributed by atoms with Gasteiger partial charge in [-0.3, -0.25) is 4.99 Å². The van der Waals surface area contributed by atoms with Gasteiger partial charge >= 0.3 is 0 Å². The van der Waals surface area contributed by atoms with Crippen LogP contribution in [0.15, 0.2) is 24.0 Å². The first-order valence-corrected chi connectivity index (χ1v) is 5.47. The Morgan fingerprint density at radius 2 is 2.62 bits per heavy atom. The van der Waals surface area contributed by atoms with Gasteiger partial charge in [0, 0.05) is 25.1 Å². The lowest BCUT2D eigenvalue weighted by molar-refractivity contribution is 0.586. The van der Waals surface area contributed by atoms with Crippen molar-refractivity contribution in [1.82, 2.24) is 14.9 Å². The van der Waals surface area contributed by atoms with Gasteiger partial charge in [-0.15, -0.1) is 0 Å². The summed E-state index contributed by atoms with van der Waals surface area (Å²) in [5.41, 5.74) is 6.49. The molecule has 2 rings (SSSR count). The number of anilines is 1. The van der Waals surface area contributed by atoms with Gasteiger partial charge in [0.05, 0.1) is 0 Å². The first-order valence-electron chi connectivity index (χ1n) is 5.47. The minimum atomic E-state index is 0.452. The second-order valence-electron chi connectivity index (χ2n) is 3.93. The van der Waals surface area contributed by atoms with E-state index in [0.717, 1.165) is 19.6 Å². The molecule has 5 heteroatoms. The average Bonchev–Trinajstić information content (AvgIpc) is 2.80. The highest BCUT2D eigenvalue weighted by Gasteiger charge is 2.13. The Hall–Kier alpha value is -1.62. The Labute approximate surface area is 94.7 Å². The summed E-state index contributed by atoms with van der Waals surface area (Å²) in [5.74, 6) is 1.06. The summed E-state index contributed by atoms with van der Waals surface area (Å²) in [6.45, 7) is 6.64. The van der Waals surface area contributed by atoms with Crippen LogP contribution in [0.1, 0.15) is 6.42 Å². The molecule has 1 aliphatic rings. The van der Waals surface area contributed by atoms with E-state index in [4.69, 9.17) is 5.73 Å². The third-order valence-corrected chi connectivity index (χ3v) is 2.77. The Balaban J connectivity index is 2.23. The molecule has 0 aliphatic carbocycles. The van der Waals surface area contributed by atoms with Gasteiger partial charge in [0.15, 0.2) is 11.3 Å². The largest absolute Gasteiger partial charge is 0.381 e. The molecule has 5 nitrogen and oxygen atoms in total. The van der Waals surface area contributed by atoms with Crippen molar-refractivity contribution >= 4 is 12.0 Å². The van der Waals surface area contributed by atoms with Crippen LogP contribution >= 0.6 is 0 Å². The van der Waals surface area contributed by atoms with E-state index < -0.39 is 0 Å². The van der Waals surface area contributed by atoms with Gasteiger partial charge < -0.3 is 15.6 Å². The maximum absolute atomic E-state index is 5.79. The summed E-state index contributed by atoms with van der Waals surface area (Å²) in [4.78, 5) is 8.56. The maximum atomic E-state index is 5.79.